The van der Waals surface area contributed by atoms with Crippen LogP contribution >= 0.6 is 0 Å². The monoisotopic (exact) mass is 474 g/mol. The van der Waals surface area contributed by atoms with Crippen molar-refractivity contribution in [3.05, 3.63) is 0 Å². The lowest BCUT2D eigenvalue weighted by Crippen LogP contribution is -2.58. The fourth-order valence-electron chi connectivity index (χ4n) is 3.11. The summed E-state index contributed by atoms with van der Waals surface area (Å²) in [5.41, 5.74) is 16.7. The van der Waals surface area contributed by atoms with E-state index in [0.29, 0.717) is 38.8 Å². The molecule has 3 amide bonds. The number of hydrogen-bond donors (Lipinski definition) is 8. The zero-order valence-electron chi connectivity index (χ0n) is 19.7. The molecule has 0 spiro atoms. The number of hydrogen-bond acceptors (Lipinski definition) is 8. The highest BCUT2D eigenvalue weighted by Crippen LogP contribution is 2.07. The minimum atomic E-state index is -1.38. The van der Waals surface area contributed by atoms with Gasteiger partial charge in [-0.3, -0.25) is 14.4 Å². The van der Waals surface area contributed by atoms with E-state index in [2.05, 4.69) is 16.0 Å². The van der Waals surface area contributed by atoms with Crippen molar-refractivity contribution in [3.63, 3.8) is 0 Å². The fraction of sp³-hybridized carbons (Fsp3) is 0.810. The van der Waals surface area contributed by atoms with Crippen LogP contribution in [0.3, 0.4) is 0 Å². The predicted molar refractivity (Wildman–Crippen MR) is 124 cm³/mol. The van der Waals surface area contributed by atoms with Crippen LogP contribution < -0.4 is 33.2 Å². The first-order valence-electron chi connectivity index (χ1n) is 11.5. The van der Waals surface area contributed by atoms with Crippen molar-refractivity contribution in [1.82, 2.24) is 16.0 Å². The Morgan fingerprint density at radius 2 is 1.24 bits per heavy atom. The van der Waals surface area contributed by atoms with Gasteiger partial charge in [0.05, 0.1) is 12.6 Å². The number of nitrogens with two attached hydrogens (primary N) is 3. The largest absolute Gasteiger partial charge is 0.480 e. The molecule has 4 atom stereocenters. The molecule has 12 heteroatoms. The Morgan fingerprint density at radius 3 is 1.73 bits per heavy atom. The summed E-state index contributed by atoms with van der Waals surface area (Å²) in [7, 11) is 0. The zero-order chi connectivity index (χ0) is 25.4. The Hall–Kier alpha value is -2.28. The molecule has 0 aliphatic heterocycles. The highest BCUT2D eigenvalue weighted by molar-refractivity contribution is 5.94. The van der Waals surface area contributed by atoms with E-state index in [9.17, 15) is 29.4 Å². The summed E-state index contributed by atoms with van der Waals surface area (Å²) in [6, 6.07) is -4.33. The fourth-order valence-corrected chi connectivity index (χ4v) is 3.11. The molecule has 4 unspecified atom stereocenters. The average Bonchev–Trinajstić information content (AvgIpc) is 2.75. The van der Waals surface area contributed by atoms with Crippen LogP contribution in [0.2, 0.25) is 0 Å². The van der Waals surface area contributed by atoms with E-state index in [4.69, 9.17) is 17.2 Å². The molecule has 0 bridgehead atoms. The lowest BCUT2D eigenvalue weighted by atomic mass is 10.0. The summed E-state index contributed by atoms with van der Waals surface area (Å²) in [4.78, 5) is 49.1. The Morgan fingerprint density at radius 1 is 0.758 bits per heavy atom. The lowest BCUT2D eigenvalue weighted by molar-refractivity contribution is -0.142. The minimum Gasteiger partial charge on any atom is -0.480 e. The number of rotatable bonds is 18. The van der Waals surface area contributed by atoms with Crippen molar-refractivity contribution in [2.45, 2.75) is 83.0 Å². The van der Waals surface area contributed by atoms with Gasteiger partial charge >= 0.3 is 5.97 Å². The van der Waals surface area contributed by atoms with E-state index in [1.807, 2.05) is 13.8 Å². The molecule has 0 aliphatic carbocycles. The average molecular weight is 475 g/mol. The van der Waals surface area contributed by atoms with E-state index >= 15 is 0 Å². The number of aliphatic hydroxyl groups excluding tert-OH is 1. The van der Waals surface area contributed by atoms with Crippen molar-refractivity contribution < 1.29 is 29.4 Å². The second-order valence-electron chi connectivity index (χ2n) is 8.51. The predicted octanol–water partition coefficient (Wildman–Crippen LogP) is -1.85. The Bertz CT molecular complexity index is 618. The van der Waals surface area contributed by atoms with Crippen molar-refractivity contribution in [2.75, 3.05) is 19.7 Å². The normalized spacial score (nSPS) is 14.8. The molecule has 0 rings (SSSR count). The molecule has 0 radical (unpaired) electrons. The van der Waals surface area contributed by atoms with Gasteiger partial charge < -0.3 is 43.4 Å². The van der Waals surface area contributed by atoms with Crippen LogP contribution in [0.5, 0.6) is 0 Å². The van der Waals surface area contributed by atoms with Crippen LogP contribution in [0, 0.1) is 5.92 Å². The molecule has 12 nitrogen and oxygen atoms in total. The van der Waals surface area contributed by atoms with Crippen LogP contribution in [0.15, 0.2) is 0 Å². The molecule has 0 saturated carbocycles. The quantitative estimate of drug-likeness (QED) is 0.104. The van der Waals surface area contributed by atoms with Gasteiger partial charge in [0.25, 0.3) is 0 Å². The highest BCUT2D eigenvalue weighted by Gasteiger charge is 2.30. The van der Waals surface area contributed by atoms with Gasteiger partial charge in [-0.15, -0.1) is 0 Å². The first-order chi connectivity index (χ1) is 15.6. The van der Waals surface area contributed by atoms with E-state index in [1.54, 1.807) is 0 Å². The van der Waals surface area contributed by atoms with Crippen LogP contribution in [0.1, 0.15) is 58.8 Å². The summed E-state index contributed by atoms with van der Waals surface area (Å²) in [6.45, 7) is 3.88. The SMILES string of the molecule is CC(C)CC(NC(=O)C(N)CCCCN)C(=O)NC(CO)C(=O)NC(CCCCN)C(=O)O. The van der Waals surface area contributed by atoms with Crippen molar-refractivity contribution in [1.29, 1.82) is 0 Å². The summed E-state index contributed by atoms with van der Waals surface area (Å²) < 4.78 is 0. The Balaban J connectivity index is 5.11. The number of carbonyl (C=O) groups excluding carboxylic acids is 3. The molecule has 0 fully saturated rings. The minimum absolute atomic E-state index is 0.0369. The second-order valence-corrected chi connectivity index (χ2v) is 8.51. The van der Waals surface area contributed by atoms with Gasteiger partial charge in [-0.05, 0) is 57.5 Å². The maximum absolute atomic E-state index is 12.8. The van der Waals surface area contributed by atoms with E-state index < -0.39 is 54.5 Å². The molecule has 0 saturated heterocycles. The maximum Gasteiger partial charge on any atom is 0.326 e. The molecular formula is C21H42N6O6. The molecule has 0 aromatic heterocycles. The second kappa shape index (κ2) is 17.2. The summed E-state index contributed by atoms with van der Waals surface area (Å²) in [6.07, 6.45) is 3.37. The number of aliphatic carboxylic acids is 1. The molecule has 0 aromatic rings. The highest BCUT2D eigenvalue weighted by atomic mass is 16.4. The third-order valence-corrected chi connectivity index (χ3v) is 5.02. The smallest absolute Gasteiger partial charge is 0.326 e. The number of carbonyl (C=O) groups is 4. The van der Waals surface area contributed by atoms with Crippen LogP contribution in [-0.2, 0) is 19.2 Å². The first-order valence-corrected chi connectivity index (χ1v) is 11.5. The zero-order valence-corrected chi connectivity index (χ0v) is 19.7. The molecule has 0 aromatic carbocycles. The van der Waals surface area contributed by atoms with Gasteiger partial charge in [0.2, 0.25) is 17.7 Å². The third kappa shape index (κ3) is 13.1. The molecule has 0 heterocycles. The summed E-state index contributed by atoms with van der Waals surface area (Å²) in [5.74, 6) is -3.19. The number of unbranched alkanes of at least 4 members (excludes halogenated alkanes) is 2. The molecule has 0 aliphatic rings. The van der Waals surface area contributed by atoms with Gasteiger partial charge in [0.15, 0.2) is 0 Å². The van der Waals surface area contributed by atoms with Crippen molar-refractivity contribution >= 4 is 23.7 Å². The standard InChI is InChI=1S/C21H42N6O6/c1-13(2)11-16(26-18(29)14(24)7-3-5-9-22)19(30)27-17(12-28)20(31)25-15(21(32)33)8-4-6-10-23/h13-17,28H,3-12,22-24H2,1-2H3,(H,25,31)(H,26,29)(H,27,30)(H,32,33). The third-order valence-electron chi connectivity index (χ3n) is 5.02. The summed E-state index contributed by atoms with van der Waals surface area (Å²) in [5, 5.41) is 26.3. The van der Waals surface area contributed by atoms with E-state index in [1.165, 1.54) is 0 Å². The van der Waals surface area contributed by atoms with Crippen molar-refractivity contribution in [2.24, 2.45) is 23.1 Å². The van der Waals surface area contributed by atoms with Gasteiger partial charge in [-0.2, -0.15) is 0 Å². The van der Waals surface area contributed by atoms with Gasteiger partial charge in [0, 0.05) is 0 Å². The molecule has 33 heavy (non-hydrogen) atoms. The Labute approximate surface area is 195 Å². The topological polar surface area (TPSA) is 223 Å². The number of carboxylic acids is 1. The van der Waals surface area contributed by atoms with E-state index in [0.717, 1.165) is 6.42 Å². The number of aliphatic hydroxyl groups is 1. The van der Waals surface area contributed by atoms with Gasteiger partial charge in [0.1, 0.15) is 18.1 Å². The maximum atomic E-state index is 12.8. The van der Waals surface area contributed by atoms with Gasteiger partial charge in [-0.1, -0.05) is 20.3 Å². The van der Waals surface area contributed by atoms with Crippen LogP contribution in [0.4, 0.5) is 0 Å². The number of carboxylic acid groups (broad SMARTS) is 1. The lowest BCUT2D eigenvalue weighted by Gasteiger charge is -2.25. The van der Waals surface area contributed by atoms with E-state index in [-0.39, 0.29) is 18.8 Å². The molecular weight excluding hydrogens is 432 g/mol. The van der Waals surface area contributed by atoms with Crippen LogP contribution in [0.25, 0.3) is 0 Å². The van der Waals surface area contributed by atoms with Crippen molar-refractivity contribution in [3.8, 4) is 0 Å². The number of amides is 3. The molecule has 192 valence electrons. The Kier molecular flexibility index (Phi) is 16.0. The van der Waals surface area contributed by atoms with Gasteiger partial charge in [-0.25, -0.2) is 4.79 Å². The number of nitrogens with one attached hydrogen (secondary N) is 3. The summed E-state index contributed by atoms with van der Waals surface area (Å²) >= 11 is 0. The molecule has 11 N–H and O–H groups in total. The first kappa shape index (κ1) is 30.7. The van der Waals surface area contributed by atoms with Crippen LogP contribution in [-0.4, -0.2) is 77.8 Å².